The van der Waals surface area contributed by atoms with E-state index in [4.69, 9.17) is 4.74 Å². The second kappa shape index (κ2) is 6.70. The summed E-state index contributed by atoms with van der Waals surface area (Å²) in [7, 11) is 1.92. The SMILES string of the molecule is Cn1cccc1C(=O)N1C[C@@H]2CN(Cc3ccsc3)CCO[C@@H]2C1. The molecule has 0 N–H and O–H groups in total. The minimum atomic E-state index is 0.114. The summed E-state index contributed by atoms with van der Waals surface area (Å²) in [6.45, 7) is 5.18. The first-order valence-corrected chi connectivity index (χ1v) is 9.40. The number of carbonyl (C=O) groups is 1. The van der Waals surface area contributed by atoms with Gasteiger partial charge in [-0.05, 0) is 34.5 Å². The van der Waals surface area contributed by atoms with Gasteiger partial charge in [0.2, 0.25) is 0 Å². The number of nitrogens with zero attached hydrogens (tertiary/aromatic N) is 3. The fourth-order valence-electron chi connectivity index (χ4n) is 3.76. The Balaban J connectivity index is 1.42. The van der Waals surface area contributed by atoms with Crippen molar-refractivity contribution in [2.24, 2.45) is 13.0 Å². The standard InChI is InChI=1S/C18H23N3O2S/c1-19-5-2-3-16(19)18(22)21-11-15-10-20(6-7-23-17(15)12-21)9-14-4-8-24-13-14/h2-5,8,13,15,17H,6-7,9-12H2,1H3/t15-,17+/m0/s1. The molecule has 24 heavy (non-hydrogen) atoms. The molecule has 2 saturated heterocycles. The number of carbonyl (C=O) groups excluding carboxylic acids is 1. The predicted molar refractivity (Wildman–Crippen MR) is 94.1 cm³/mol. The van der Waals surface area contributed by atoms with E-state index in [0.29, 0.717) is 12.5 Å². The van der Waals surface area contributed by atoms with Crippen molar-refractivity contribution in [3.8, 4) is 0 Å². The highest BCUT2D eigenvalue weighted by Crippen LogP contribution is 2.26. The summed E-state index contributed by atoms with van der Waals surface area (Å²) in [6, 6.07) is 5.99. The highest BCUT2D eigenvalue weighted by Gasteiger charge is 2.39. The molecule has 0 aromatic carbocycles. The zero-order valence-corrected chi connectivity index (χ0v) is 14.7. The van der Waals surface area contributed by atoms with Gasteiger partial charge >= 0.3 is 0 Å². The number of hydrogen-bond donors (Lipinski definition) is 0. The number of amides is 1. The molecule has 0 aliphatic carbocycles. The molecule has 2 aliphatic heterocycles. The van der Waals surface area contributed by atoms with Gasteiger partial charge < -0.3 is 14.2 Å². The number of fused-ring (bicyclic) bond motifs is 1. The van der Waals surface area contributed by atoms with Gasteiger partial charge in [-0.25, -0.2) is 0 Å². The predicted octanol–water partition coefficient (Wildman–Crippen LogP) is 2.06. The normalized spacial score (nSPS) is 24.8. The Morgan fingerprint density at radius 2 is 2.25 bits per heavy atom. The Bertz CT molecular complexity index is 697. The van der Waals surface area contributed by atoms with Crippen LogP contribution in [0.25, 0.3) is 0 Å². The zero-order valence-electron chi connectivity index (χ0n) is 13.9. The van der Waals surface area contributed by atoms with Gasteiger partial charge in [0.25, 0.3) is 5.91 Å². The molecule has 4 heterocycles. The van der Waals surface area contributed by atoms with E-state index in [9.17, 15) is 4.79 Å². The van der Waals surface area contributed by atoms with E-state index in [1.807, 2.05) is 34.8 Å². The molecule has 2 fully saturated rings. The molecular formula is C18H23N3O2S. The molecule has 5 nitrogen and oxygen atoms in total. The van der Waals surface area contributed by atoms with Gasteiger partial charge in [-0.1, -0.05) is 0 Å². The first-order chi connectivity index (χ1) is 11.7. The Labute approximate surface area is 146 Å². The molecule has 2 aromatic rings. The average molecular weight is 345 g/mol. The number of rotatable bonds is 3. The highest BCUT2D eigenvalue weighted by atomic mass is 32.1. The summed E-state index contributed by atoms with van der Waals surface area (Å²) < 4.78 is 7.95. The maximum Gasteiger partial charge on any atom is 0.270 e. The molecule has 2 atom stereocenters. The van der Waals surface area contributed by atoms with Crippen LogP contribution in [0.1, 0.15) is 16.1 Å². The van der Waals surface area contributed by atoms with Gasteiger partial charge in [-0.15, -0.1) is 0 Å². The zero-order chi connectivity index (χ0) is 16.5. The van der Waals surface area contributed by atoms with Crippen LogP contribution in [0, 0.1) is 5.92 Å². The minimum absolute atomic E-state index is 0.114. The number of ether oxygens (including phenoxy) is 1. The van der Waals surface area contributed by atoms with Crippen molar-refractivity contribution >= 4 is 17.2 Å². The van der Waals surface area contributed by atoms with Crippen molar-refractivity contribution in [2.75, 3.05) is 32.8 Å². The second-order valence-electron chi connectivity index (χ2n) is 6.75. The number of hydrogen-bond acceptors (Lipinski definition) is 4. The van der Waals surface area contributed by atoms with Gasteiger partial charge in [0.05, 0.1) is 12.7 Å². The molecule has 2 aromatic heterocycles. The van der Waals surface area contributed by atoms with Gasteiger partial charge in [-0.3, -0.25) is 9.69 Å². The molecule has 0 bridgehead atoms. The van der Waals surface area contributed by atoms with Gasteiger partial charge in [0, 0.05) is 51.9 Å². The topological polar surface area (TPSA) is 37.7 Å². The molecule has 0 radical (unpaired) electrons. The third-order valence-electron chi connectivity index (χ3n) is 5.05. The summed E-state index contributed by atoms with van der Waals surface area (Å²) in [4.78, 5) is 17.2. The molecule has 2 aliphatic rings. The van der Waals surface area contributed by atoms with Crippen LogP contribution >= 0.6 is 11.3 Å². The van der Waals surface area contributed by atoms with Gasteiger partial charge in [0.1, 0.15) is 5.69 Å². The first kappa shape index (κ1) is 15.9. The van der Waals surface area contributed by atoms with Crippen LogP contribution in [0.2, 0.25) is 0 Å². The average Bonchev–Trinajstić information content (AvgIpc) is 3.28. The lowest BCUT2D eigenvalue weighted by molar-refractivity contribution is 0.0481. The molecular weight excluding hydrogens is 322 g/mol. The van der Waals surface area contributed by atoms with E-state index < -0.39 is 0 Å². The summed E-state index contributed by atoms with van der Waals surface area (Å²) in [5, 5.41) is 4.34. The summed E-state index contributed by atoms with van der Waals surface area (Å²) >= 11 is 1.74. The van der Waals surface area contributed by atoms with Crippen LogP contribution in [0.3, 0.4) is 0 Å². The number of aromatic nitrogens is 1. The number of aryl methyl sites for hydroxylation is 1. The molecule has 128 valence electrons. The van der Waals surface area contributed by atoms with Crippen molar-refractivity contribution in [1.82, 2.24) is 14.4 Å². The first-order valence-electron chi connectivity index (χ1n) is 8.46. The van der Waals surface area contributed by atoms with Crippen molar-refractivity contribution < 1.29 is 9.53 Å². The van der Waals surface area contributed by atoms with E-state index in [-0.39, 0.29) is 12.0 Å². The van der Waals surface area contributed by atoms with Crippen molar-refractivity contribution in [3.05, 3.63) is 46.4 Å². The van der Waals surface area contributed by atoms with Gasteiger partial charge in [0.15, 0.2) is 0 Å². The third-order valence-corrected chi connectivity index (χ3v) is 5.78. The van der Waals surface area contributed by atoms with Crippen LogP contribution in [0.15, 0.2) is 35.2 Å². The Kier molecular flexibility index (Phi) is 4.43. The monoisotopic (exact) mass is 345 g/mol. The Morgan fingerprint density at radius 3 is 3.00 bits per heavy atom. The van der Waals surface area contributed by atoms with E-state index >= 15 is 0 Å². The van der Waals surface area contributed by atoms with Crippen LogP contribution in [0.4, 0.5) is 0 Å². The lowest BCUT2D eigenvalue weighted by Gasteiger charge is -2.23. The number of likely N-dealkylation sites (tertiary alicyclic amines) is 1. The van der Waals surface area contributed by atoms with Crippen molar-refractivity contribution in [3.63, 3.8) is 0 Å². The van der Waals surface area contributed by atoms with E-state index in [1.54, 1.807) is 11.3 Å². The minimum Gasteiger partial charge on any atom is -0.375 e. The Morgan fingerprint density at radius 1 is 1.33 bits per heavy atom. The number of thiophene rings is 1. The smallest absolute Gasteiger partial charge is 0.270 e. The van der Waals surface area contributed by atoms with Crippen molar-refractivity contribution in [2.45, 2.75) is 12.6 Å². The van der Waals surface area contributed by atoms with Crippen LogP contribution in [0.5, 0.6) is 0 Å². The highest BCUT2D eigenvalue weighted by molar-refractivity contribution is 7.07. The van der Waals surface area contributed by atoms with E-state index in [1.165, 1.54) is 5.56 Å². The molecule has 0 unspecified atom stereocenters. The largest absolute Gasteiger partial charge is 0.375 e. The Hall–Kier alpha value is -1.63. The van der Waals surface area contributed by atoms with Crippen LogP contribution in [-0.2, 0) is 18.3 Å². The maximum absolute atomic E-state index is 12.7. The van der Waals surface area contributed by atoms with E-state index in [2.05, 4.69) is 21.7 Å². The molecule has 0 saturated carbocycles. The second-order valence-corrected chi connectivity index (χ2v) is 7.53. The summed E-state index contributed by atoms with van der Waals surface area (Å²) in [6.07, 6.45) is 2.09. The summed E-state index contributed by atoms with van der Waals surface area (Å²) in [5.74, 6) is 0.513. The third kappa shape index (κ3) is 3.14. The lowest BCUT2D eigenvalue weighted by atomic mass is 10.1. The molecule has 1 amide bonds. The van der Waals surface area contributed by atoms with Crippen LogP contribution < -0.4 is 0 Å². The quantitative estimate of drug-likeness (QED) is 0.855. The molecule has 4 rings (SSSR count). The fraction of sp³-hybridized carbons (Fsp3) is 0.500. The van der Waals surface area contributed by atoms with Gasteiger partial charge in [-0.2, -0.15) is 11.3 Å². The molecule has 6 heteroatoms. The van der Waals surface area contributed by atoms with Crippen LogP contribution in [-0.4, -0.2) is 59.2 Å². The van der Waals surface area contributed by atoms with Crippen molar-refractivity contribution in [1.29, 1.82) is 0 Å². The summed E-state index contributed by atoms with van der Waals surface area (Å²) in [5.41, 5.74) is 2.12. The fourth-order valence-corrected chi connectivity index (χ4v) is 4.42. The maximum atomic E-state index is 12.7. The lowest BCUT2D eigenvalue weighted by Crippen LogP contribution is -2.34. The van der Waals surface area contributed by atoms with E-state index in [0.717, 1.165) is 38.5 Å². The molecule has 0 spiro atoms.